The van der Waals surface area contributed by atoms with Gasteiger partial charge in [0.15, 0.2) is 0 Å². The standard InChI is InChI=1S/C8H7ClFNO2/c1-13-8(12)11-7-3-2-5(9)4-6(7)10/h2-4H,1H3,(H,11,12). The summed E-state index contributed by atoms with van der Waals surface area (Å²) < 4.78 is 17.3. The van der Waals surface area contributed by atoms with E-state index in [1.54, 1.807) is 0 Å². The predicted octanol–water partition coefficient (Wildman–Crippen LogP) is 2.66. The van der Waals surface area contributed by atoms with Crippen molar-refractivity contribution in [1.29, 1.82) is 0 Å². The van der Waals surface area contributed by atoms with Crippen LogP contribution in [0.2, 0.25) is 5.02 Å². The first-order chi connectivity index (χ1) is 6.13. The van der Waals surface area contributed by atoms with Crippen LogP contribution < -0.4 is 5.32 Å². The monoisotopic (exact) mass is 203 g/mol. The van der Waals surface area contributed by atoms with Gasteiger partial charge in [-0.2, -0.15) is 0 Å². The third kappa shape index (κ3) is 2.59. The van der Waals surface area contributed by atoms with Gasteiger partial charge < -0.3 is 4.74 Å². The number of carbonyl (C=O) groups excluding carboxylic acids is 1. The molecule has 70 valence electrons. The zero-order chi connectivity index (χ0) is 9.84. The van der Waals surface area contributed by atoms with Crippen molar-refractivity contribution in [3.05, 3.63) is 29.0 Å². The van der Waals surface area contributed by atoms with Crippen LogP contribution in [0.3, 0.4) is 0 Å². The van der Waals surface area contributed by atoms with E-state index in [0.29, 0.717) is 0 Å². The van der Waals surface area contributed by atoms with Crippen LogP contribution in [0.25, 0.3) is 0 Å². The van der Waals surface area contributed by atoms with Crippen molar-refractivity contribution in [2.45, 2.75) is 0 Å². The maximum Gasteiger partial charge on any atom is 0.411 e. The lowest BCUT2D eigenvalue weighted by atomic mass is 10.3. The van der Waals surface area contributed by atoms with Gasteiger partial charge in [0.1, 0.15) is 5.82 Å². The van der Waals surface area contributed by atoms with Gasteiger partial charge in [-0.15, -0.1) is 0 Å². The fourth-order valence-corrected chi connectivity index (χ4v) is 0.911. The van der Waals surface area contributed by atoms with Crippen molar-refractivity contribution in [3.63, 3.8) is 0 Å². The summed E-state index contributed by atoms with van der Waals surface area (Å²) in [4.78, 5) is 10.7. The number of amides is 1. The molecule has 3 nitrogen and oxygen atoms in total. The number of hydrogen-bond donors (Lipinski definition) is 1. The second-order valence-corrected chi connectivity index (χ2v) is 2.68. The lowest BCUT2D eigenvalue weighted by Crippen LogP contribution is -2.11. The summed E-state index contributed by atoms with van der Waals surface area (Å²) in [6, 6.07) is 3.93. The SMILES string of the molecule is COC(=O)Nc1ccc(Cl)cc1F. The van der Waals surface area contributed by atoms with E-state index < -0.39 is 11.9 Å². The molecule has 0 saturated heterocycles. The van der Waals surface area contributed by atoms with E-state index in [1.807, 2.05) is 0 Å². The van der Waals surface area contributed by atoms with Gasteiger partial charge in [0.2, 0.25) is 0 Å². The van der Waals surface area contributed by atoms with Crippen LogP contribution in [-0.2, 0) is 4.74 Å². The Balaban J connectivity index is 2.83. The number of rotatable bonds is 1. The average molecular weight is 204 g/mol. The molecule has 1 N–H and O–H groups in total. The molecule has 1 aromatic carbocycles. The molecule has 0 heterocycles. The highest BCUT2D eigenvalue weighted by Crippen LogP contribution is 2.18. The van der Waals surface area contributed by atoms with E-state index >= 15 is 0 Å². The number of benzene rings is 1. The molecule has 0 radical (unpaired) electrons. The predicted molar refractivity (Wildman–Crippen MR) is 47.4 cm³/mol. The van der Waals surface area contributed by atoms with Gasteiger partial charge in [-0.1, -0.05) is 11.6 Å². The summed E-state index contributed by atoms with van der Waals surface area (Å²) >= 11 is 5.50. The maximum atomic E-state index is 13.0. The van der Waals surface area contributed by atoms with E-state index in [-0.39, 0.29) is 10.7 Å². The van der Waals surface area contributed by atoms with Gasteiger partial charge in [0.05, 0.1) is 12.8 Å². The normalized spacial score (nSPS) is 9.46. The van der Waals surface area contributed by atoms with Gasteiger partial charge >= 0.3 is 6.09 Å². The van der Waals surface area contributed by atoms with Crippen LogP contribution in [0.4, 0.5) is 14.9 Å². The van der Waals surface area contributed by atoms with Crippen molar-refractivity contribution >= 4 is 23.4 Å². The third-order valence-corrected chi connectivity index (χ3v) is 1.59. The largest absolute Gasteiger partial charge is 0.453 e. The summed E-state index contributed by atoms with van der Waals surface area (Å²) in [7, 11) is 1.20. The summed E-state index contributed by atoms with van der Waals surface area (Å²) in [5.74, 6) is -0.599. The Kier molecular flexibility index (Phi) is 3.08. The fraction of sp³-hybridized carbons (Fsp3) is 0.125. The van der Waals surface area contributed by atoms with Crippen molar-refractivity contribution in [1.82, 2.24) is 0 Å². The number of carbonyl (C=O) groups is 1. The molecule has 0 fully saturated rings. The summed E-state index contributed by atoms with van der Waals surface area (Å²) in [5.41, 5.74) is 0.0382. The Morgan fingerprint density at radius 3 is 2.85 bits per heavy atom. The highest BCUT2D eigenvalue weighted by atomic mass is 35.5. The Labute approximate surface area is 79.5 Å². The lowest BCUT2D eigenvalue weighted by molar-refractivity contribution is 0.187. The molecule has 0 unspecified atom stereocenters. The minimum absolute atomic E-state index is 0.0382. The first-order valence-corrected chi connectivity index (χ1v) is 3.81. The maximum absolute atomic E-state index is 13.0. The molecule has 5 heteroatoms. The summed E-state index contributed by atoms with van der Waals surface area (Å²) in [6.45, 7) is 0. The minimum Gasteiger partial charge on any atom is -0.453 e. The zero-order valence-corrected chi connectivity index (χ0v) is 7.56. The first kappa shape index (κ1) is 9.80. The molecule has 0 atom stereocenters. The first-order valence-electron chi connectivity index (χ1n) is 3.43. The molecule has 0 spiro atoms. The molecule has 0 aliphatic heterocycles. The number of anilines is 1. The molecule has 0 aliphatic rings. The topological polar surface area (TPSA) is 38.3 Å². The molecule has 0 aromatic heterocycles. The molecule has 0 aliphatic carbocycles. The number of hydrogen-bond acceptors (Lipinski definition) is 2. The number of ether oxygens (including phenoxy) is 1. The molecular weight excluding hydrogens is 197 g/mol. The van der Waals surface area contributed by atoms with Crippen molar-refractivity contribution in [2.75, 3.05) is 12.4 Å². The van der Waals surface area contributed by atoms with Crippen molar-refractivity contribution in [2.24, 2.45) is 0 Å². The van der Waals surface area contributed by atoms with Gasteiger partial charge in [0, 0.05) is 5.02 Å². The van der Waals surface area contributed by atoms with Crippen LogP contribution in [0, 0.1) is 5.82 Å². The quantitative estimate of drug-likeness (QED) is 0.762. The fourth-order valence-electron chi connectivity index (χ4n) is 0.752. The van der Waals surface area contributed by atoms with Crippen LogP contribution in [-0.4, -0.2) is 13.2 Å². The third-order valence-electron chi connectivity index (χ3n) is 1.35. The summed E-state index contributed by atoms with van der Waals surface area (Å²) in [6.07, 6.45) is -0.721. The molecule has 1 aromatic rings. The Bertz CT molecular complexity index is 330. The van der Waals surface area contributed by atoms with Crippen molar-refractivity contribution in [3.8, 4) is 0 Å². The van der Waals surface area contributed by atoms with E-state index in [9.17, 15) is 9.18 Å². The Hall–Kier alpha value is -1.29. The van der Waals surface area contributed by atoms with Gasteiger partial charge in [-0.05, 0) is 18.2 Å². The number of nitrogens with one attached hydrogen (secondary N) is 1. The highest BCUT2D eigenvalue weighted by molar-refractivity contribution is 6.30. The number of halogens is 2. The van der Waals surface area contributed by atoms with Crippen LogP contribution >= 0.6 is 11.6 Å². The number of methoxy groups -OCH3 is 1. The summed E-state index contributed by atoms with van der Waals surface area (Å²) in [5, 5.41) is 2.46. The van der Waals surface area contributed by atoms with Gasteiger partial charge in [-0.25, -0.2) is 9.18 Å². The Morgan fingerprint density at radius 2 is 2.31 bits per heavy atom. The molecule has 0 saturated carbocycles. The van der Waals surface area contributed by atoms with Gasteiger partial charge in [0.25, 0.3) is 0 Å². The molecule has 0 bridgehead atoms. The van der Waals surface area contributed by atoms with Crippen LogP contribution in [0.1, 0.15) is 0 Å². The highest BCUT2D eigenvalue weighted by Gasteiger charge is 2.06. The molecule has 13 heavy (non-hydrogen) atoms. The molecular formula is C8H7ClFNO2. The van der Waals surface area contributed by atoms with Crippen molar-refractivity contribution < 1.29 is 13.9 Å². The lowest BCUT2D eigenvalue weighted by Gasteiger charge is -2.04. The zero-order valence-electron chi connectivity index (χ0n) is 6.80. The minimum atomic E-state index is -0.721. The van der Waals surface area contributed by atoms with E-state index in [0.717, 1.165) is 6.07 Å². The Morgan fingerprint density at radius 1 is 1.62 bits per heavy atom. The second-order valence-electron chi connectivity index (χ2n) is 2.24. The van der Waals surface area contributed by atoms with Crippen LogP contribution in [0.15, 0.2) is 18.2 Å². The molecule has 1 rings (SSSR count). The average Bonchev–Trinajstić information content (AvgIpc) is 2.09. The smallest absolute Gasteiger partial charge is 0.411 e. The van der Waals surface area contributed by atoms with E-state index in [4.69, 9.17) is 11.6 Å². The van der Waals surface area contributed by atoms with Gasteiger partial charge in [-0.3, -0.25) is 5.32 Å². The van der Waals surface area contributed by atoms with Crippen LogP contribution in [0.5, 0.6) is 0 Å². The van der Waals surface area contributed by atoms with E-state index in [2.05, 4.69) is 10.1 Å². The second kappa shape index (κ2) is 4.09. The van der Waals surface area contributed by atoms with E-state index in [1.165, 1.54) is 19.2 Å². The molecule has 1 amide bonds.